The Kier molecular flexibility index (Phi) is 6.12. The maximum Gasteiger partial charge on any atom is 0.231 e. The van der Waals surface area contributed by atoms with Gasteiger partial charge in [-0.3, -0.25) is 9.59 Å². The third-order valence-electron chi connectivity index (χ3n) is 2.61. The van der Waals surface area contributed by atoms with Crippen molar-refractivity contribution >= 4 is 11.7 Å². The van der Waals surface area contributed by atoms with Crippen LogP contribution in [-0.4, -0.2) is 39.1 Å². The molecule has 5 heteroatoms. The molecule has 0 atom stereocenters. The quantitative estimate of drug-likeness (QED) is 0.586. The van der Waals surface area contributed by atoms with Crippen LogP contribution in [0.15, 0.2) is 0 Å². The van der Waals surface area contributed by atoms with Gasteiger partial charge in [0.1, 0.15) is 11.2 Å². The van der Waals surface area contributed by atoms with E-state index in [9.17, 15) is 9.59 Å². The van der Waals surface area contributed by atoms with Gasteiger partial charge in [-0.15, -0.1) is 0 Å². The van der Waals surface area contributed by atoms with E-state index in [0.717, 1.165) is 0 Å². The summed E-state index contributed by atoms with van der Waals surface area (Å²) in [4.78, 5) is 22.9. The van der Waals surface area contributed by atoms with Crippen LogP contribution in [0, 0.1) is 5.41 Å². The van der Waals surface area contributed by atoms with Gasteiger partial charge in [0.15, 0.2) is 0 Å². The van der Waals surface area contributed by atoms with Crippen LogP contribution in [0.2, 0.25) is 0 Å². The summed E-state index contributed by atoms with van der Waals surface area (Å²) in [6, 6.07) is 0. The molecule has 0 radical (unpaired) electrons. The average Bonchev–Trinajstić information content (AvgIpc) is 2.17. The van der Waals surface area contributed by atoms with Crippen LogP contribution >= 0.6 is 0 Å². The van der Waals surface area contributed by atoms with Crippen molar-refractivity contribution in [3.05, 3.63) is 0 Å². The summed E-state index contributed by atoms with van der Waals surface area (Å²) in [6.07, 6.45) is 0.606. The number of ether oxygens (including phenoxy) is 2. The van der Waals surface area contributed by atoms with Gasteiger partial charge in [0.05, 0.1) is 0 Å². The minimum Gasteiger partial charge on any atom is -0.385 e. The lowest BCUT2D eigenvalue weighted by molar-refractivity contribution is -0.141. The number of hydrogen-bond donors (Lipinski definition) is 1. The SMILES string of the molecule is COCCC(CCOC)(C(C)=O)C(N)=O. The van der Waals surface area contributed by atoms with Crippen LogP contribution in [0.3, 0.4) is 0 Å². The second-order valence-electron chi connectivity index (χ2n) is 3.49. The molecule has 0 aliphatic heterocycles. The number of carbonyl (C=O) groups is 2. The molecule has 0 rings (SSSR count). The van der Waals surface area contributed by atoms with Crippen molar-refractivity contribution in [3.8, 4) is 0 Å². The second-order valence-corrected chi connectivity index (χ2v) is 3.49. The molecule has 0 spiro atoms. The van der Waals surface area contributed by atoms with Gasteiger partial charge in [-0.1, -0.05) is 0 Å². The Morgan fingerprint density at radius 3 is 1.73 bits per heavy atom. The summed E-state index contributed by atoms with van der Waals surface area (Å²) in [6.45, 7) is 2.02. The van der Waals surface area contributed by atoms with Crippen molar-refractivity contribution in [1.29, 1.82) is 0 Å². The molecule has 0 aliphatic rings. The van der Waals surface area contributed by atoms with Gasteiger partial charge in [-0.25, -0.2) is 0 Å². The van der Waals surface area contributed by atoms with E-state index >= 15 is 0 Å². The Bertz CT molecular complexity index is 203. The predicted molar refractivity (Wildman–Crippen MR) is 55.3 cm³/mol. The smallest absolute Gasteiger partial charge is 0.231 e. The van der Waals surface area contributed by atoms with Crippen LogP contribution in [0.1, 0.15) is 19.8 Å². The van der Waals surface area contributed by atoms with E-state index < -0.39 is 11.3 Å². The number of carbonyl (C=O) groups excluding carboxylic acids is 2. The lowest BCUT2D eigenvalue weighted by Gasteiger charge is -2.27. The van der Waals surface area contributed by atoms with Crippen LogP contribution in [0.25, 0.3) is 0 Å². The number of methoxy groups -OCH3 is 2. The fourth-order valence-corrected chi connectivity index (χ4v) is 1.45. The van der Waals surface area contributed by atoms with Crippen LogP contribution < -0.4 is 5.73 Å². The van der Waals surface area contributed by atoms with Gasteiger partial charge in [-0.2, -0.15) is 0 Å². The van der Waals surface area contributed by atoms with E-state index in [1.807, 2.05) is 0 Å². The third kappa shape index (κ3) is 3.60. The van der Waals surface area contributed by atoms with Crippen molar-refractivity contribution in [1.82, 2.24) is 0 Å². The number of ketones is 1. The molecule has 0 aromatic carbocycles. The molecule has 15 heavy (non-hydrogen) atoms. The Morgan fingerprint density at radius 1 is 1.13 bits per heavy atom. The number of nitrogens with two attached hydrogens (primary N) is 1. The highest BCUT2D eigenvalue weighted by atomic mass is 16.5. The van der Waals surface area contributed by atoms with Gasteiger partial charge in [0.25, 0.3) is 0 Å². The van der Waals surface area contributed by atoms with E-state index in [1.54, 1.807) is 0 Å². The van der Waals surface area contributed by atoms with Gasteiger partial charge in [0.2, 0.25) is 5.91 Å². The highest BCUT2D eigenvalue weighted by Crippen LogP contribution is 2.27. The van der Waals surface area contributed by atoms with Crippen LogP contribution in [0.4, 0.5) is 0 Å². The molecule has 0 saturated carbocycles. The summed E-state index contributed by atoms with van der Waals surface area (Å²) < 4.78 is 9.75. The van der Waals surface area contributed by atoms with E-state index in [-0.39, 0.29) is 5.78 Å². The molecule has 0 heterocycles. The first-order valence-corrected chi connectivity index (χ1v) is 4.80. The zero-order chi connectivity index (χ0) is 11.9. The Labute approximate surface area is 89.9 Å². The molecule has 0 fully saturated rings. The lowest BCUT2D eigenvalue weighted by Crippen LogP contribution is -2.44. The largest absolute Gasteiger partial charge is 0.385 e. The summed E-state index contributed by atoms with van der Waals surface area (Å²) in [5, 5.41) is 0. The molecule has 1 amide bonds. The number of primary amides is 1. The second kappa shape index (κ2) is 6.53. The minimum atomic E-state index is -1.15. The Hall–Kier alpha value is -0.940. The number of hydrogen-bond acceptors (Lipinski definition) is 4. The number of amides is 1. The van der Waals surface area contributed by atoms with Gasteiger partial charge >= 0.3 is 0 Å². The maximum absolute atomic E-state index is 11.5. The Morgan fingerprint density at radius 2 is 1.53 bits per heavy atom. The minimum absolute atomic E-state index is 0.232. The Balaban J connectivity index is 4.73. The fraction of sp³-hybridized carbons (Fsp3) is 0.800. The summed E-state index contributed by atoms with van der Waals surface area (Å²) in [7, 11) is 3.03. The zero-order valence-electron chi connectivity index (χ0n) is 9.54. The molecule has 0 unspecified atom stereocenters. The molecule has 5 nitrogen and oxygen atoms in total. The van der Waals surface area contributed by atoms with Crippen LogP contribution in [-0.2, 0) is 19.1 Å². The van der Waals surface area contributed by atoms with Crippen molar-refractivity contribution in [2.45, 2.75) is 19.8 Å². The monoisotopic (exact) mass is 217 g/mol. The van der Waals surface area contributed by atoms with Crippen molar-refractivity contribution in [2.24, 2.45) is 11.1 Å². The molecular weight excluding hydrogens is 198 g/mol. The topological polar surface area (TPSA) is 78.6 Å². The van der Waals surface area contributed by atoms with E-state index in [4.69, 9.17) is 15.2 Å². The zero-order valence-corrected chi connectivity index (χ0v) is 9.54. The number of Topliss-reactive ketones (excluding diaryl/α,β-unsaturated/α-hetero) is 1. The third-order valence-corrected chi connectivity index (χ3v) is 2.61. The molecule has 0 aromatic heterocycles. The lowest BCUT2D eigenvalue weighted by atomic mass is 9.77. The predicted octanol–water partition coefficient (Wildman–Crippen LogP) is 0.120. The molecule has 0 aromatic rings. The first kappa shape index (κ1) is 14.1. The van der Waals surface area contributed by atoms with Gasteiger partial charge in [-0.05, 0) is 19.8 Å². The van der Waals surface area contributed by atoms with Crippen molar-refractivity contribution in [2.75, 3.05) is 27.4 Å². The highest BCUT2D eigenvalue weighted by Gasteiger charge is 2.40. The summed E-state index contributed by atoms with van der Waals surface area (Å²) >= 11 is 0. The molecule has 88 valence electrons. The van der Waals surface area contributed by atoms with E-state index in [0.29, 0.717) is 26.1 Å². The molecule has 0 aliphatic carbocycles. The van der Waals surface area contributed by atoms with Gasteiger partial charge in [0, 0.05) is 27.4 Å². The molecule has 0 saturated heterocycles. The van der Waals surface area contributed by atoms with Crippen LogP contribution in [0.5, 0.6) is 0 Å². The normalized spacial score (nSPS) is 11.4. The van der Waals surface area contributed by atoms with Crippen molar-refractivity contribution < 1.29 is 19.1 Å². The summed E-state index contributed by atoms with van der Waals surface area (Å²) in [5.41, 5.74) is 4.14. The standard InChI is InChI=1S/C10H19NO4/c1-8(12)10(9(11)13,4-6-14-2)5-7-15-3/h4-7H2,1-3H3,(H2,11,13). The maximum atomic E-state index is 11.5. The average molecular weight is 217 g/mol. The summed E-state index contributed by atoms with van der Waals surface area (Å²) in [5.74, 6) is -0.840. The van der Waals surface area contributed by atoms with E-state index in [2.05, 4.69) is 0 Å². The highest BCUT2D eigenvalue weighted by molar-refractivity contribution is 6.04. The molecule has 0 bridgehead atoms. The molecular formula is C10H19NO4. The number of rotatable bonds is 8. The molecule has 2 N–H and O–H groups in total. The first-order valence-electron chi connectivity index (χ1n) is 4.80. The fourth-order valence-electron chi connectivity index (χ4n) is 1.45. The van der Waals surface area contributed by atoms with Crippen molar-refractivity contribution in [3.63, 3.8) is 0 Å². The van der Waals surface area contributed by atoms with E-state index in [1.165, 1.54) is 21.1 Å². The first-order chi connectivity index (χ1) is 7.01. The van der Waals surface area contributed by atoms with Gasteiger partial charge < -0.3 is 15.2 Å².